The molecule has 2 fully saturated rings. The molecule has 1 aliphatic carbocycles. The third-order valence-corrected chi connectivity index (χ3v) is 6.34. The largest absolute Gasteiger partial charge is 0.457 e. The monoisotopic (exact) mass is 403 g/mol. The number of rotatable bonds is 3. The molecule has 1 aromatic heterocycles. The van der Waals surface area contributed by atoms with Gasteiger partial charge in [-0.15, -0.1) is 0 Å². The molecule has 134 valence electrons. The van der Waals surface area contributed by atoms with E-state index in [-0.39, 0.29) is 11.9 Å². The van der Waals surface area contributed by atoms with Crippen molar-refractivity contribution in [2.75, 3.05) is 0 Å². The highest BCUT2D eigenvalue weighted by molar-refractivity contribution is 8.26. The molecule has 0 bridgehead atoms. The van der Waals surface area contributed by atoms with Crippen LogP contribution in [0.25, 0.3) is 17.4 Å². The molecule has 0 radical (unpaired) electrons. The van der Waals surface area contributed by atoms with Crippen LogP contribution in [0.15, 0.2) is 45.7 Å². The predicted octanol–water partition coefficient (Wildman–Crippen LogP) is 6.13. The first-order valence-electron chi connectivity index (χ1n) is 8.75. The number of hydrogen-bond acceptors (Lipinski definition) is 4. The van der Waals surface area contributed by atoms with E-state index in [0.29, 0.717) is 20.0 Å². The molecule has 1 aromatic carbocycles. The summed E-state index contributed by atoms with van der Waals surface area (Å²) >= 11 is 12.9. The number of halogens is 1. The number of nitrogens with zero attached hydrogens (tertiary/aromatic N) is 1. The second-order valence-electron chi connectivity index (χ2n) is 6.56. The van der Waals surface area contributed by atoms with E-state index in [9.17, 15) is 4.79 Å². The minimum atomic E-state index is 0.00704. The molecule has 3 nitrogen and oxygen atoms in total. The standard InChI is InChI=1S/C20H18ClNO2S2/c21-14-6-4-5-13(11-14)17-10-9-16(24-17)12-18-19(23)22(20(25)26-18)15-7-2-1-3-8-15/h4-6,9-12,15H,1-3,7-8H2. The van der Waals surface area contributed by atoms with Crippen LogP contribution in [0.2, 0.25) is 5.02 Å². The molecule has 1 saturated carbocycles. The number of hydrogen-bond donors (Lipinski definition) is 0. The van der Waals surface area contributed by atoms with Gasteiger partial charge in [0.1, 0.15) is 15.8 Å². The molecule has 26 heavy (non-hydrogen) atoms. The highest BCUT2D eigenvalue weighted by Crippen LogP contribution is 2.37. The van der Waals surface area contributed by atoms with Gasteiger partial charge in [-0.05, 0) is 37.1 Å². The smallest absolute Gasteiger partial charge is 0.266 e. The van der Waals surface area contributed by atoms with Gasteiger partial charge < -0.3 is 4.42 Å². The van der Waals surface area contributed by atoms with Gasteiger partial charge in [0.2, 0.25) is 0 Å². The number of benzene rings is 1. The van der Waals surface area contributed by atoms with E-state index >= 15 is 0 Å². The van der Waals surface area contributed by atoms with Crippen LogP contribution < -0.4 is 0 Å². The van der Waals surface area contributed by atoms with Gasteiger partial charge in [0.25, 0.3) is 5.91 Å². The number of furan rings is 1. The SMILES string of the molecule is O=C1C(=Cc2ccc(-c3cccc(Cl)c3)o2)SC(=S)N1C1CCCCC1. The summed E-state index contributed by atoms with van der Waals surface area (Å²) in [6.45, 7) is 0. The van der Waals surface area contributed by atoms with Crippen LogP contribution in [-0.4, -0.2) is 21.2 Å². The number of amides is 1. The summed E-state index contributed by atoms with van der Waals surface area (Å²) in [6, 6.07) is 11.5. The number of carbonyl (C=O) groups excluding carboxylic acids is 1. The lowest BCUT2D eigenvalue weighted by Gasteiger charge is -2.29. The molecule has 1 amide bonds. The third-order valence-electron chi connectivity index (χ3n) is 4.77. The molecule has 0 unspecified atom stereocenters. The first-order valence-corrected chi connectivity index (χ1v) is 10.3. The fourth-order valence-corrected chi connectivity index (χ4v) is 5.06. The molecule has 0 atom stereocenters. The van der Waals surface area contributed by atoms with Crippen molar-refractivity contribution in [3.63, 3.8) is 0 Å². The van der Waals surface area contributed by atoms with Crippen molar-refractivity contribution < 1.29 is 9.21 Å². The molecular weight excluding hydrogens is 386 g/mol. The Labute approximate surface area is 167 Å². The van der Waals surface area contributed by atoms with Gasteiger partial charge in [0.15, 0.2) is 0 Å². The molecular formula is C20H18ClNO2S2. The molecule has 6 heteroatoms. The van der Waals surface area contributed by atoms with Gasteiger partial charge in [-0.3, -0.25) is 9.69 Å². The highest BCUT2D eigenvalue weighted by Gasteiger charge is 2.37. The van der Waals surface area contributed by atoms with Gasteiger partial charge >= 0.3 is 0 Å². The Hall–Kier alpha value is -1.56. The topological polar surface area (TPSA) is 33.5 Å². The van der Waals surface area contributed by atoms with E-state index in [4.69, 9.17) is 28.2 Å². The van der Waals surface area contributed by atoms with Crippen molar-refractivity contribution in [3.05, 3.63) is 52.1 Å². The van der Waals surface area contributed by atoms with E-state index in [1.165, 1.54) is 31.0 Å². The lowest BCUT2D eigenvalue weighted by Crippen LogP contribution is -2.39. The third kappa shape index (κ3) is 3.61. The molecule has 0 N–H and O–H groups in total. The Morgan fingerprint density at radius 3 is 2.77 bits per heavy atom. The number of thioether (sulfide) groups is 1. The highest BCUT2D eigenvalue weighted by atomic mass is 35.5. The average molecular weight is 404 g/mol. The summed E-state index contributed by atoms with van der Waals surface area (Å²) in [5.41, 5.74) is 0.909. The second kappa shape index (κ2) is 7.59. The fourth-order valence-electron chi connectivity index (χ4n) is 3.49. The van der Waals surface area contributed by atoms with Crippen LogP contribution in [0, 0.1) is 0 Å². The van der Waals surface area contributed by atoms with Crippen LogP contribution in [0.3, 0.4) is 0 Å². The minimum Gasteiger partial charge on any atom is -0.457 e. The van der Waals surface area contributed by atoms with Gasteiger partial charge in [0.05, 0.1) is 4.91 Å². The lowest BCUT2D eigenvalue weighted by molar-refractivity contribution is -0.124. The first-order chi connectivity index (χ1) is 12.6. The van der Waals surface area contributed by atoms with Gasteiger partial charge in [-0.25, -0.2) is 0 Å². The number of thiocarbonyl (C=S) groups is 1. The van der Waals surface area contributed by atoms with Gasteiger partial charge in [-0.2, -0.15) is 0 Å². The van der Waals surface area contributed by atoms with Crippen molar-refractivity contribution in [3.8, 4) is 11.3 Å². The van der Waals surface area contributed by atoms with Crippen LogP contribution >= 0.6 is 35.6 Å². The zero-order chi connectivity index (χ0) is 18.1. The average Bonchev–Trinajstić information content (AvgIpc) is 3.21. The van der Waals surface area contributed by atoms with Crippen molar-refractivity contribution in [2.24, 2.45) is 0 Å². The normalized spacial score (nSPS) is 20.3. The van der Waals surface area contributed by atoms with E-state index in [1.807, 2.05) is 41.3 Å². The van der Waals surface area contributed by atoms with Crippen LogP contribution in [0.5, 0.6) is 0 Å². The second-order valence-corrected chi connectivity index (χ2v) is 8.67. The maximum atomic E-state index is 12.8. The Kier molecular flexibility index (Phi) is 5.20. The van der Waals surface area contributed by atoms with Crippen LogP contribution in [-0.2, 0) is 4.79 Å². The van der Waals surface area contributed by atoms with Gasteiger partial charge in [0, 0.05) is 22.7 Å². The Balaban J connectivity index is 1.55. The van der Waals surface area contributed by atoms with E-state index < -0.39 is 0 Å². The molecule has 2 heterocycles. The molecule has 2 aliphatic rings. The van der Waals surface area contributed by atoms with Crippen LogP contribution in [0.1, 0.15) is 37.9 Å². The minimum absolute atomic E-state index is 0.00704. The van der Waals surface area contributed by atoms with E-state index in [1.54, 1.807) is 6.08 Å². The van der Waals surface area contributed by atoms with Gasteiger partial charge in [-0.1, -0.05) is 67.0 Å². The zero-order valence-electron chi connectivity index (χ0n) is 14.1. The molecule has 0 spiro atoms. The summed E-state index contributed by atoms with van der Waals surface area (Å²) in [6.07, 6.45) is 7.46. The maximum Gasteiger partial charge on any atom is 0.266 e. The quantitative estimate of drug-likeness (QED) is 0.455. The molecule has 1 saturated heterocycles. The summed E-state index contributed by atoms with van der Waals surface area (Å²) < 4.78 is 6.55. The maximum absolute atomic E-state index is 12.8. The molecule has 2 aromatic rings. The van der Waals surface area contributed by atoms with E-state index in [2.05, 4.69) is 0 Å². The summed E-state index contributed by atoms with van der Waals surface area (Å²) in [5.74, 6) is 1.37. The summed E-state index contributed by atoms with van der Waals surface area (Å²) in [5, 5.41) is 0.661. The predicted molar refractivity (Wildman–Crippen MR) is 111 cm³/mol. The Morgan fingerprint density at radius 2 is 2.00 bits per heavy atom. The first kappa shape index (κ1) is 17.8. The zero-order valence-corrected chi connectivity index (χ0v) is 16.5. The Bertz CT molecular complexity index is 883. The van der Waals surface area contributed by atoms with Crippen molar-refractivity contribution in [2.45, 2.75) is 38.1 Å². The van der Waals surface area contributed by atoms with E-state index in [0.717, 1.165) is 24.2 Å². The lowest BCUT2D eigenvalue weighted by atomic mass is 9.94. The summed E-state index contributed by atoms with van der Waals surface area (Å²) in [4.78, 5) is 15.3. The van der Waals surface area contributed by atoms with Crippen molar-refractivity contribution in [1.82, 2.24) is 4.90 Å². The Morgan fingerprint density at radius 1 is 1.19 bits per heavy atom. The fraction of sp³-hybridized carbons (Fsp3) is 0.300. The molecule has 1 aliphatic heterocycles. The molecule has 4 rings (SSSR count). The number of carbonyl (C=O) groups is 1. The van der Waals surface area contributed by atoms with Crippen LogP contribution in [0.4, 0.5) is 0 Å². The summed E-state index contributed by atoms with van der Waals surface area (Å²) in [7, 11) is 0. The van der Waals surface area contributed by atoms with Crippen molar-refractivity contribution in [1.29, 1.82) is 0 Å². The van der Waals surface area contributed by atoms with Crippen molar-refractivity contribution >= 4 is 51.9 Å².